The number of hydrogen-bond acceptors (Lipinski definition) is 5. The second kappa shape index (κ2) is 7.15. The van der Waals surface area contributed by atoms with Crippen molar-refractivity contribution in [3.63, 3.8) is 0 Å². The van der Waals surface area contributed by atoms with Crippen molar-refractivity contribution in [3.05, 3.63) is 24.3 Å². The van der Waals surface area contributed by atoms with E-state index in [0.717, 1.165) is 12.8 Å². The predicted octanol–water partition coefficient (Wildman–Crippen LogP) is 3.58. The van der Waals surface area contributed by atoms with Gasteiger partial charge in [-0.1, -0.05) is 12.1 Å². The lowest BCUT2D eigenvalue weighted by Gasteiger charge is -2.33. The monoisotopic (exact) mass is 364 g/mol. The number of fused-ring (bicyclic) bond motifs is 1. The van der Waals surface area contributed by atoms with Crippen molar-refractivity contribution < 1.29 is 18.2 Å². The number of aromatic nitrogens is 1. The molecule has 7 heteroatoms. The Hall–Kier alpha value is -1.89. The number of amides is 1. The molecule has 0 radical (unpaired) electrons. The summed E-state index contributed by atoms with van der Waals surface area (Å²) in [5.41, 5.74) is 0.847. The molecule has 1 aromatic heterocycles. The largest absolute Gasteiger partial charge is 0.444 e. The standard InChI is InChI=1S/C18H24N2O4S/c1-18(2,3)24-17(21)20-10-6-7-13(11-20)12-25(22)16-19-14-8-4-5-9-15(14)23-16/h4-5,8-9,13H,6-7,10-12H2,1-3H3. The molecule has 3 rings (SSSR count). The number of carbonyl (C=O) groups is 1. The Bertz CT molecular complexity index is 748. The van der Waals surface area contributed by atoms with E-state index in [9.17, 15) is 9.00 Å². The van der Waals surface area contributed by atoms with Crippen LogP contribution in [0.25, 0.3) is 11.1 Å². The maximum atomic E-state index is 12.6. The molecule has 6 nitrogen and oxygen atoms in total. The molecule has 0 bridgehead atoms. The molecule has 1 amide bonds. The minimum Gasteiger partial charge on any atom is -0.444 e. The minimum atomic E-state index is -1.32. The lowest BCUT2D eigenvalue weighted by molar-refractivity contribution is 0.0176. The summed E-state index contributed by atoms with van der Waals surface area (Å²) in [6.07, 6.45) is 1.52. The van der Waals surface area contributed by atoms with E-state index in [0.29, 0.717) is 29.9 Å². The highest BCUT2D eigenvalue weighted by molar-refractivity contribution is 7.84. The topological polar surface area (TPSA) is 72.6 Å². The van der Waals surface area contributed by atoms with E-state index in [1.165, 1.54) is 0 Å². The third-order valence-corrected chi connectivity index (χ3v) is 5.37. The van der Waals surface area contributed by atoms with Crippen LogP contribution in [0.5, 0.6) is 0 Å². The first kappa shape index (κ1) is 17.9. The fourth-order valence-corrected chi connectivity index (χ4v) is 4.15. The van der Waals surface area contributed by atoms with Crippen LogP contribution in [0.2, 0.25) is 0 Å². The molecular formula is C18H24N2O4S. The van der Waals surface area contributed by atoms with Gasteiger partial charge in [-0.15, -0.1) is 0 Å². The summed E-state index contributed by atoms with van der Waals surface area (Å²) in [6, 6.07) is 7.38. The molecule has 2 atom stereocenters. The SMILES string of the molecule is CC(C)(C)OC(=O)N1CCCC(CS(=O)c2nc3ccccc3o2)C1. The van der Waals surface area contributed by atoms with Gasteiger partial charge in [-0.05, 0) is 51.7 Å². The van der Waals surface area contributed by atoms with Gasteiger partial charge in [0.2, 0.25) is 0 Å². The Labute approximate surface area is 150 Å². The van der Waals surface area contributed by atoms with E-state index in [-0.39, 0.29) is 17.2 Å². The predicted molar refractivity (Wildman–Crippen MR) is 95.8 cm³/mol. The van der Waals surface area contributed by atoms with Crippen molar-refractivity contribution in [3.8, 4) is 0 Å². The molecule has 0 N–H and O–H groups in total. The fourth-order valence-electron chi connectivity index (χ4n) is 2.93. The first-order chi connectivity index (χ1) is 11.8. The number of carbonyl (C=O) groups excluding carboxylic acids is 1. The Kier molecular flexibility index (Phi) is 5.13. The number of ether oxygens (including phenoxy) is 1. The zero-order valence-electron chi connectivity index (χ0n) is 14.9. The smallest absolute Gasteiger partial charge is 0.410 e. The van der Waals surface area contributed by atoms with Crippen molar-refractivity contribution in [2.24, 2.45) is 5.92 Å². The molecule has 2 aromatic rings. The van der Waals surface area contributed by atoms with Gasteiger partial charge in [0.05, 0.1) is 0 Å². The average Bonchev–Trinajstić information content (AvgIpc) is 2.98. The molecule has 136 valence electrons. The quantitative estimate of drug-likeness (QED) is 0.832. The molecule has 2 unspecified atom stereocenters. The number of para-hydroxylation sites is 2. The van der Waals surface area contributed by atoms with E-state index in [1.54, 1.807) is 4.90 Å². The summed E-state index contributed by atoms with van der Waals surface area (Å²) in [5.74, 6) is 0.587. The van der Waals surface area contributed by atoms with Crippen molar-refractivity contribution in [1.82, 2.24) is 9.88 Å². The molecule has 0 aliphatic carbocycles. The first-order valence-electron chi connectivity index (χ1n) is 8.54. The molecule has 1 fully saturated rings. The number of hydrogen-bond donors (Lipinski definition) is 0. The maximum absolute atomic E-state index is 12.6. The van der Waals surface area contributed by atoms with Gasteiger partial charge in [0.1, 0.15) is 21.9 Å². The Balaban J connectivity index is 1.62. The van der Waals surface area contributed by atoms with E-state index in [4.69, 9.17) is 9.15 Å². The van der Waals surface area contributed by atoms with Gasteiger partial charge in [-0.2, -0.15) is 0 Å². The van der Waals surface area contributed by atoms with E-state index in [1.807, 2.05) is 45.0 Å². The van der Waals surface area contributed by atoms with Gasteiger partial charge in [0.25, 0.3) is 5.22 Å². The molecule has 2 heterocycles. The van der Waals surface area contributed by atoms with E-state index < -0.39 is 16.4 Å². The van der Waals surface area contributed by atoms with Gasteiger partial charge < -0.3 is 14.1 Å². The van der Waals surface area contributed by atoms with Gasteiger partial charge in [0.15, 0.2) is 5.58 Å². The summed E-state index contributed by atoms with van der Waals surface area (Å²) in [6.45, 7) is 6.81. The van der Waals surface area contributed by atoms with Crippen LogP contribution in [-0.2, 0) is 15.5 Å². The normalized spacial score (nSPS) is 19.8. The van der Waals surface area contributed by atoms with Crippen LogP contribution in [0, 0.1) is 5.92 Å². The zero-order valence-corrected chi connectivity index (χ0v) is 15.7. The fraction of sp³-hybridized carbons (Fsp3) is 0.556. The van der Waals surface area contributed by atoms with Crippen molar-refractivity contribution in [2.45, 2.75) is 44.4 Å². The third-order valence-electron chi connectivity index (χ3n) is 4.03. The molecule has 1 saturated heterocycles. The molecule has 0 spiro atoms. The molecule has 25 heavy (non-hydrogen) atoms. The molecule has 1 aliphatic heterocycles. The van der Waals surface area contributed by atoms with Crippen molar-refractivity contribution >= 4 is 28.0 Å². The highest BCUT2D eigenvalue weighted by atomic mass is 32.2. The third kappa shape index (κ3) is 4.60. The van der Waals surface area contributed by atoms with Crippen LogP contribution in [0.15, 0.2) is 33.9 Å². The van der Waals surface area contributed by atoms with Crippen LogP contribution in [0.1, 0.15) is 33.6 Å². The Morgan fingerprint density at radius 1 is 1.40 bits per heavy atom. The zero-order chi connectivity index (χ0) is 18.0. The number of likely N-dealkylation sites (tertiary alicyclic amines) is 1. The molecule has 1 aromatic carbocycles. The van der Waals surface area contributed by atoms with Crippen LogP contribution in [0.4, 0.5) is 4.79 Å². The second-order valence-corrected chi connectivity index (χ2v) is 8.77. The number of nitrogens with zero attached hydrogens (tertiary/aromatic N) is 2. The minimum absolute atomic E-state index is 0.150. The second-order valence-electron chi connectivity index (χ2n) is 7.39. The average molecular weight is 364 g/mol. The summed E-state index contributed by atoms with van der Waals surface area (Å²) in [4.78, 5) is 18.2. The number of benzene rings is 1. The van der Waals surface area contributed by atoms with Crippen LogP contribution >= 0.6 is 0 Å². The summed E-state index contributed by atoms with van der Waals surface area (Å²) >= 11 is 0. The highest BCUT2D eigenvalue weighted by Crippen LogP contribution is 2.23. The molecule has 1 aliphatic rings. The van der Waals surface area contributed by atoms with Gasteiger partial charge in [0, 0.05) is 18.8 Å². The van der Waals surface area contributed by atoms with Gasteiger partial charge in [-0.3, -0.25) is 0 Å². The van der Waals surface area contributed by atoms with Gasteiger partial charge in [-0.25, -0.2) is 14.0 Å². The van der Waals surface area contributed by atoms with Crippen molar-refractivity contribution in [1.29, 1.82) is 0 Å². The Morgan fingerprint density at radius 2 is 2.16 bits per heavy atom. The van der Waals surface area contributed by atoms with E-state index >= 15 is 0 Å². The van der Waals surface area contributed by atoms with E-state index in [2.05, 4.69) is 4.98 Å². The first-order valence-corrected chi connectivity index (χ1v) is 9.85. The van der Waals surface area contributed by atoms with Crippen LogP contribution in [-0.4, -0.2) is 44.6 Å². The lowest BCUT2D eigenvalue weighted by Crippen LogP contribution is -2.43. The Morgan fingerprint density at radius 3 is 2.88 bits per heavy atom. The maximum Gasteiger partial charge on any atom is 0.410 e. The number of rotatable bonds is 3. The van der Waals surface area contributed by atoms with Gasteiger partial charge >= 0.3 is 6.09 Å². The summed E-state index contributed by atoms with van der Waals surface area (Å²) in [5, 5.41) is 0.260. The summed E-state index contributed by atoms with van der Waals surface area (Å²) < 4.78 is 23.6. The highest BCUT2D eigenvalue weighted by Gasteiger charge is 2.29. The number of piperidine rings is 1. The molecule has 0 saturated carbocycles. The van der Waals surface area contributed by atoms with Crippen LogP contribution in [0.3, 0.4) is 0 Å². The lowest BCUT2D eigenvalue weighted by atomic mass is 10.0. The molecular weight excluding hydrogens is 340 g/mol. The van der Waals surface area contributed by atoms with Crippen molar-refractivity contribution in [2.75, 3.05) is 18.8 Å². The number of oxazole rings is 1. The van der Waals surface area contributed by atoms with Crippen LogP contribution < -0.4 is 0 Å². The summed E-state index contributed by atoms with van der Waals surface area (Å²) in [7, 11) is -1.32.